The molecule has 0 aliphatic heterocycles. The lowest BCUT2D eigenvalue weighted by atomic mass is 9.64. The highest BCUT2D eigenvalue weighted by Crippen LogP contribution is 2.43. The highest BCUT2D eigenvalue weighted by atomic mass is 16.2. The molecule has 0 radical (unpaired) electrons. The third-order valence-corrected chi connectivity index (χ3v) is 4.35. The molecule has 0 atom stereocenters. The molecule has 20 heavy (non-hydrogen) atoms. The first-order chi connectivity index (χ1) is 9.77. The molecule has 0 aromatic heterocycles. The van der Waals surface area contributed by atoms with Crippen LogP contribution in [0.2, 0.25) is 0 Å². The van der Waals surface area contributed by atoms with Gasteiger partial charge in [0.2, 0.25) is 0 Å². The predicted octanol–water partition coefficient (Wildman–Crippen LogP) is 3.60. The fourth-order valence-electron chi connectivity index (χ4n) is 2.85. The van der Waals surface area contributed by atoms with Crippen LogP contribution in [-0.2, 0) is 5.41 Å². The van der Waals surface area contributed by atoms with E-state index in [1.807, 2.05) is 6.07 Å². The lowest BCUT2D eigenvalue weighted by molar-refractivity contribution is 0.215. The van der Waals surface area contributed by atoms with Gasteiger partial charge in [-0.05, 0) is 24.8 Å². The van der Waals surface area contributed by atoms with Gasteiger partial charge in [-0.2, -0.15) is 0 Å². The van der Waals surface area contributed by atoms with Gasteiger partial charge in [-0.3, -0.25) is 0 Å². The Bertz CT molecular complexity index is 412. The molecule has 1 aromatic rings. The van der Waals surface area contributed by atoms with Crippen molar-refractivity contribution in [3.8, 4) is 0 Å². The number of hydrogen-bond donors (Lipinski definition) is 2. The van der Waals surface area contributed by atoms with Gasteiger partial charge in [0.1, 0.15) is 0 Å². The van der Waals surface area contributed by atoms with Crippen LogP contribution in [0.15, 0.2) is 30.3 Å². The molecule has 1 aromatic carbocycles. The molecular weight excluding hydrogens is 248 g/mol. The summed E-state index contributed by atoms with van der Waals surface area (Å²) in [5.74, 6) is 0. The smallest absolute Gasteiger partial charge is 0.314 e. The van der Waals surface area contributed by atoms with E-state index in [0.717, 1.165) is 19.5 Å². The molecule has 1 aliphatic carbocycles. The summed E-state index contributed by atoms with van der Waals surface area (Å²) in [4.78, 5) is 11.8. The predicted molar refractivity (Wildman–Crippen MR) is 82.9 cm³/mol. The summed E-state index contributed by atoms with van der Waals surface area (Å²) < 4.78 is 0. The van der Waals surface area contributed by atoms with Crippen LogP contribution in [0.5, 0.6) is 0 Å². The fraction of sp³-hybridized carbons (Fsp3) is 0.588. The molecule has 3 nitrogen and oxygen atoms in total. The SMILES string of the molecule is CCCCCNC(=O)NCC1(c2ccccc2)CCC1. The normalized spacial score (nSPS) is 16.2. The minimum Gasteiger partial charge on any atom is -0.338 e. The summed E-state index contributed by atoms with van der Waals surface area (Å²) in [5, 5.41) is 5.99. The van der Waals surface area contributed by atoms with Crippen LogP contribution in [-0.4, -0.2) is 19.1 Å². The number of carbonyl (C=O) groups is 1. The van der Waals surface area contributed by atoms with E-state index in [-0.39, 0.29) is 11.4 Å². The number of carbonyl (C=O) groups excluding carboxylic acids is 1. The van der Waals surface area contributed by atoms with E-state index in [0.29, 0.717) is 0 Å². The van der Waals surface area contributed by atoms with E-state index in [1.54, 1.807) is 0 Å². The summed E-state index contributed by atoms with van der Waals surface area (Å²) in [6.45, 7) is 3.69. The van der Waals surface area contributed by atoms with Crippen LogP contribution in [0.25, 0.3) is 0 Å². The van der Waals surface area contributed by atoms with Crippen LogP contribution in [0.3, 0.4) is 0 Å². The van der Waals surface area contributed by atoms with Crippen molar-refractivity contribution in [2.45, 2.75) is 50.9 Å². The molecule has 0 bridgehead atoms. The second kappa shape index (κ2) is 7.32. The van der Waals surface area contributed by atoms with E-state index in [1.165, 1.54) is 37.7 Å². The Morgan fingerprint density at radius 2 is 1.90 bits per heavy atom. The second-order valence-electron chi connectivity index (χ2n) is 5.82. The summed E-state index contributed by atoms with van der Waals surface area (Å²) in [7, 11) is 0. The number of nitrogens with one attached hydrogen (secondary N) is 2. The van der Waals surface area contributed by atoms with Crippen molar-refractivity contribution < 1.29 is 4.79 Å². The lowest BCUT2D eigenvalue weighted by Crippen LogP contribution is -2.48. The molecule has 1 fully saturated rings. The Balaban J connectivity index is 1.78. The van der Waals surface area contributed by atoms with Gasteiger partial charge in [-0.25, -0.2) is 4.79 Å². The zero-order valence-electron chi connectivity index (χ0n) is 12.5. The largest absolute Gasteiger partial charge is 0.338 e. The molecule has 0 saturated heterocycles. The molecule has 0 heterocycles. The molecule has 2 amide bonds. The molecule has 1 saturated carbocycles. The molecule has 2 rings (SSSR count). The Morgan fingerprint density at radius 3 is 2.50 bits per heavy atom. The highest BCUT2D eigenvalue weighted by molar-refractivity contribution is 5.74. The summed E-state index contributed by atoms with van der Waals surface area (Å²) in [6.07, 6.45) is 7.03. The topological polar surface area (TPSA) is 41.1 Å². The van der Waals surface area contributed by atoms with Crippen LogP contribution in [0.4, 0.5) is 4.79 Å². The number of unbranched alkanes of at least 4 members (excludes halogenated alkanes) is 2. The van der Waals surface area contributed by atoms with Crippen molar-refractivity contribution in [3.05, 3.63) is 35.9 Å². The molecule has 110 valence electrons. The first kappa shape index (κ1) is 14.9. The van der Waals surface area contributed by atoms with E-state index >= 15 is 0 Å². The van der Waals surface area contributed by atoms with Gasteiger partial charge in [0.05, 0.1) is 0 Å². The van der Waals surface area contributed by atoms with Crippen molar-refractivity contribution in [1.82, 2.24) is 10.6 Å². The zero-order chi connectivity index (χ0) is 14.3. The van der Waals surface area contributed by atoms with Gasteiger partial charge in [0.15, 0.2) is 0 Å². The minimum absolute atomic E-state index is 0.0247. The number of benzene rings is 1. The first-order valence-electron chi connectivity index (χ1n) is 7.84. The average Bonchev–Trinajstić information content (AvgIpc) is 2.44. The third kappa shape index (κ3) is 3.75. The first-order valence-corrected chi connectivity index (χ1v) is 7.84. The standard InChI is InChI=1S/C17H26N2O/c1-2-3-7-13-18-16(20)19-14-17(11-8-12-17)15-9-5-4-6-10-15/h4-6,9-10H,2-3,7-8,11-14H2,1H3,(H2,18,19,20). The van der Waals surface area contributed by atoms with Crippen molar-refractivity contribution in [2.24, 2.45) is 0 Å². The highest BCUT2D eigenvalue weighted by Gasteiger charge is 2.38. The van der Waals surface area contributed by atoms with Crippen LogP contribution in [0, 0.1) is 0 Å². The van der Waals surface area contributed by atoms with Crippen molar-refractivity contribution >= 4 is 6.03 Å². The number of rotatable bonds is 7. The zero-order valence-corrected chi connectivity index (χ0v) is 12.5. The van der Waals surface area contributed by atoms with Gasteiger partial charge in [-0.1, -0.05) is 56.5 Å². The number of urea groups is 1. The van der Waals surface area contributed by atoms with Gasteiger partial charge in [-0.15, -0.1) is 0 Å². The van der Waals surface area contributed by atoms with Gasteiger partial charge < -0.3 is 10.6 Å². The fourth-order valence-corrected chi connectivity index (χ4v) is 2.85. The summed E-state index contributed by atoms with van der Waals surface area (Å²) >= 11 is 0. The molecule has 3 heteroatoms. The molecule has 2 N–H and O–H groups in total. The van der Waals surface area contributed by atoms with Crippen LogP contribution in [0.1, 0.15) is 51.0 Å². The monoisotopic (exact) mass is 274 g/mol. The Hall–Kier alpha value is -1.51. The van der Waals surface area contributed by atoms with Crippen LogP contribution >= 0.6 is 0 Å². The van der Waals surface area contributed by atoms with E-state index in [2.05, 4.69) is 41.8 Å². The Labute approximate surface area is 122 Å². The Morgan fingerprint density at radius 1 is 1.15 bits per heavy atom. The molecular formula is C17H26N2O. The maximum Gasteiger partial charge on any atom is 0.314 e. The maximum atomic E-state index is 11.8. The van der Waals surface area contributed by atoms with Crippen molar-refractivity contribution in [2.75, 3.05) is 13.1 Å². The van der Waals surface area contributed by atoms with Gasteiger partial charge in [0.25, 0.3) is 0 Å². The molecule has 0 spiro atoms. The maximum absolute atomic E-state index is 11.8. The van der Waals surface area contributed by atoms with Crippen molar-refractivity contribution in [1.29, 1.82) is 0 Å². The minimum atomic E-state index is -0.0247. The van der Waals surface area contributed by atoms with Gasteiger partial charge in [0, 0.05) is 18.5 Å². The van der Waals surface area contributed by atoms with E-state index in [9.17, 15) is 4.79 Å². The summed E-state index contributed by atoms with van der Waals surface area (Å²) in [5.41, 5.74) is 1.53. The molecule has 0 unspecified atom stereocenters. The van der Waals surface area contributed by atoms with E-state index in [4.69, 9.17) is 0 Å². The second-order valence-corrected chi connectivity index (χ2v) is 5.82. The van der Waals surface area contributed by atoms with E-state index < -0.39 is 0 Å². The number of amides is 2. The van der Waals surface area contributed by atoms with Crippen LogP contribution < -0.4 is 10.6 Å². The molecule has 1 aliphatic rings. The van der Waals surface area contributed by atoms with Gasteiger partial charge >= 0.3 is 6.03 Å². The lowest BCUT2D eigenvalue weighted by Gasteiger charge is -2.42. The summed E-state index contributed by atoms with van der Waals surface area (Å²) in [6, 6.07) is 10.5. The number of hydrogen-bond acceptors (Lipinski definition) is 1. The van der Waals surface area contributed by atoms with Crippen molar-refractivity contribution in [3.63, 3.8) is 0 Å². The quantitative estimate of drug-likeness (QED) is 0.733. The third-order valence-electron chi connectivity index (χ3n) is 4.35. The average molecular weight is 274 g/mol. The Kier molecular flexibility index (Phi) is 5.45.